The number of pyridine rings is 1. The Bertz CT molecular complexity index is 808. The van der Waals surface area contributed by atoms with E-state index in [1.165, 1.54) is 0 Å². The molecule has 2 heterocycles. The van der Waals surface area contributed by atoms with E-state index in [-0.39, 0.29) is 5.91 Å². The van der Waals surface area contributed by atoms with Gasteiger partial charge in [0.2, 0.25) is 0 Å². The first kappa shape index (κ1) is 15.5. The van der Waals surface area contributed by atoms with Crippen LogP contribution >= 0.6 is 15.9 Å². The molecule has 23 heavy (non-hydrogen) atoms. The molecular formula is C18H15BrN2O2. The Morgan fingerprint density at radius 2 is 1.91 bits per heavy atom. The van der Waals surface area contributed by atoms with Crippen LogP contribution < -0.4 is 5.32 Å². The second-order valence-electron chi connectivity index (χ2n) is 5.14. The summed E-state index contributed by atoms with van der Waals surface area (Å²) in [6.45, 7) is 2.22. The number of aryl methyl sites for hydroxylation is 1. The molecular weight excluding hydrogens is 356 g/mol. The molecule has 0 fully saturated rings. The fraction of sp³-hybridized carbons (Fsp3) is 0.111. The molecule has 0 bridgehead atoms. The minimum absolute atomic E-state index is 0.168. The number of rotatable bonds is 4. The Hall–Kier alpha value is -2.40. The van der Waals surface area contributed by atoms with Gasteiger partial charge in [0.25, 0.3) is 5.91 Å². The van der Waals surface area contributed by atoms with Gasteiger partial charge in [0, 0.05) is 21.9 Å². The first-order valence-electron chi connectivity index (χ1n) is 7.17. The van der Waals surface area contributed by atoms with Crippen molar-refractivity contribution in [2.75, 3.05) is 0 Å². The standard InChI is InChI=1S/C18H15BrN2O2/c1-12-2-3-14(10-20-12)18(22)21-11-16-8-9-17(23-16)13-4-6-15(19)7-5-13/h2-10H,11H2,1H3,(H,21,22). The number of carbonyl (C=O) groups is 1. The van der Waals surface area contributed by atoms with Crippen LogP contribution in [0.3, 0.4) is 0 Å². The number of halogens is 1. The first-order chi connectivity index (χ1) is 11.1. The third kappa shape index (κ3) is 3.87. The molecule has 0 aliphatic carbocycles. The molecule has 0 aliphatic heterocycles. The van der Waals surface area contributed by atoms with E-state index in [1.807, 2.05) is 49.4 Å². The quantitative estimate of drug-likeness (QED) is 0.742. The van der Waals surface area contributed by atoms with Crippen molar-refractivity contribution in [3.63, 3.8) is 0 Å². The van der Waals surface area contributed by atoms with E-state index in [4.69, 9.17) is 4.42 Å². The van der Waals surface area contributed by atoms with Crippen LogP contribution in [0.4, 0.5) is 0 Å². The van der Waals surface area contributed by atoms with Crippen molar-refractivity contribution in [1.82, 2.24) is 10.3 Å². The first-order valence-corrected chi connectivity index (χ1v) is 7.96. The molecule has 0 unspecified atom stereocenters. The minimum Gasteiger partial charge on any atom is -0.459 e. The number of nitrogens with zero attached hydrogens (tertiary/aromatic N) is 1. The van der Waals surface area contributed by atoms with E-state index in [9.17, 15) is 4.79 Å². The van der Waals surface area contributed by atoms with Gasteiger partial charge in [0.1, 0.15) is 11.5 Å². The number of carbonyl (C=O) groups excluding carboxylic acids is 1. The Morgan fingerprint density at radius 3 is 2.61 bits per heavy atom. The number of benzene rings is 1. The average molecular weight is 371 g/mol. The normalized spacial score (nSPS) is 10.5. The summed E-state index contributed by atoms with van der Waals surface area (Å²) in [6, 6.07) is 15.2. The lowest BCUT2D eigenvalue weighted by molar-refractivity contribution is 0.0947. The van der Waals surface area contributed by atoms with Gasteiger partial charge < -0.3 is 9.73 Å². The Morgan fingerprint density at radius 1 is 1.13 bits per heavy atom. The highest BCUT2D eigenvalue weighted by molar-refractivity contribution is 9.10. The monoisotopic (exact) mass is 370 g/mol. The van der Waals surface area contributed by atoms with Crippen molar-refractivity contribution in [2.24, 2.45) is 0 Å². The average Bonchev–Trinajstić information content (AvgIpc) is 3.03. The zero-order valence-electron chi connectivity index (χ0n) is 12.5. The van der Waals surface area contributed by atoms with Gasteiger partial charge in [-0.05, 0) is 43.3 Å². The van der Waals surface area contributed by atoms with Gasteiger partial charge in [0.05, 0.1) is 12.1 Å². The maximum Gasteiger partial charge on any atom is 0.253 e. The van der Waals surface area contributed by atoms with Crippen LogP contribution in [0.1, 0.15) is 21.8 Å². The fourth-order valence-corrected chi connectivity index (χ4v) is 2.38. The molecule has 0 saturated carbocycles. The Balaban J connectivity index is 1.64. The van der Waals surface area contributed by atoms with E-state index in [0.29, 0.717) is 17.9 Å². The molecule has 0 aliphatic rings. The molecule has 4 nitrogen and oxygen atoms in total. The largest absolute Gasteiger partial charge is 0.459 e. The van der Waals surface area contributed by atoms with Gasteiger partial charge in [-0.3, -0.25) is 9.78 Å². The summed E-state index contributed by atoms with van der Waals surface area (Å²) in [6.07, 6.45) is 1.57. The van der Waals surface area contributed by atoms with Gasteiger partial charge in [-0.25, -0.2) is 0 Å². The molecule has 0 atom stereocenters. The number of nitrogens with one attached hydrogen (secondary N) is 1. The summed E-state index contributed by atoms with van der Waals surface area (Å²) in [5.74, 6) is 1.31. The molecule has 3 aromatic rings. The molecule has 0 saturated heterocycles. The van der Waals surface area contributed by atoms with Crippen LogP contribution in [0.2, 0.25) is 0 Å². The van der Waals surface area contributed by atoms with Gasteiger partial charge in [-0.1, -0.05) is 28.1 Å². The summed E-state index contributed by atoms with van der Waals surface area (Å²) in [7, 11) is 0. The predicted molar refractivity (Wildman–Crippen MR) is 92.0 cm³/mol. The molecule has 1 amide bonds. The van der Waals surface area contributed by atoms with Crippen LogP contribution in [0.25, 0.3) is 11.3 Å². The summed E-state index contributed by atoms with van der Waals surface area (Å²) in [4.78, 5) is 16.2. The van der Waals surface area contributed by atoms with E-state index < -0.39 is 0 Å². The summed E-state index contributed by atoms with van der Waals surface area (Å²) >= 11 is 3.41. The number of hydrogen-bond acceptors (Lipinski definition) is 3. The van der Waals surface area contributed by atoms with E-state index in [1.54, 1.807) is 12.3 Å². The third-order valence-corrected chi connectivity index (χ3v) is 3.92. The predicted octanol–water partition coefficient (Wildman–Crippen LogP) is 4.34. The van der Waals surface area contributed by atoms with Crippen molar-refractivity contribution >= 4 is 21.8 Å². The van der Waals surface area contributed by atoms with E-state index >= 15 is 0 Å². The van der Waals surface area contributed by atoms with Crippen molar-refractivity contribution in [3.05, 3.63) is 76.2 Å². The molecule has 0 radical (unpaired) electrons. The topological polar surface area (TPSA) is 55.1 Å². The summed E-state index contributed by atoms with van der Waals surface area (Å²) in [5, 5.41) is 2.83. The molecule has 5 heteroatoms. The zero-order chi connectivity index (χ0) is 16.2. The fourth-order valence-electron chi connectivity index (χ4n) is 2.11. The maximum absolute atomic E-state index is 12.0. The van der Waals surface area contributed by atoms with Crippen LogP contribution in [0, 0.1) is 6.92 Å². The van der Waals surface area contributed by atoms with Crippen molar-refractivity contribution < 1.29 is 9.21 Å². The zero-order valence-corrected chi connectivity index (χ0v) is 14.1. The lowest BCUT2D eigenvalue weighted by Gasteiger charge is -2.03. The van der Waals surface area contributed by atoms with Crippen LogP contribution in [-0.4, -0.2) is 10.9 Å². The number of amides is 1. The van der Waals surface area contributed by atoms with Crippen LogP contribution in [0.5, 0.6) is 0 Å². The highest BCUT2D eigenvalue weighted by atomic mass is 79.9. The third-order valence-electron chi connectivity index (χ3n) is 3.39. The molecule has 1 N–H and O–H groups in total. The smallest absolute Gasteiger partial charge is 0.253 e. The van der Waals surface area contributed by atoms with Crippen molar-refractivity contribution in [2.45, 2.75) is 13.5 Å². The minimum atomic E-state index is -0.168. The number of aromatic nitrogens is 1. The van der Waals surface area contributed by atoms with Crippen molar-refractivity contribution in [1.29, 1.82) is 0 Å². The lowest BCUT2D eigenvalue weighted by Crippen LogP contribution is -2.22. The highest BCUT2D eigenvalue weighted by Gasteiger charge is 2.08. The molecule has 1 aromatic carbocycles. The number of hydrogen-bond donors (Lipinski definition) is 1. The molecule has 3 rings (SSSR count). The molecule has 0 spiro atoms. The van der Waals surface area contributed by atoms with E-state index in [0.717, 1.165) is 21.5 Å². The highest BCUT2D eigenvalue weighted by Crippen LogP contribution is 2.23. The molecule has 2 aromatic heterocycles. The lowest BCUT2D eigenvalue weighted by atomic mass is 10.2. The van der Waals surface area contributed by atoms with Crippen LogP contribution in [0.15, 0.2) is 63.6 Å². The molecule has 116 valence electrons. The summed E-state index contributed by atoms with van der Waals surface area (Å²) < 4.78 is 6.79. The Kier molecular flexibility index (Phi) is 4.57. The second-order valence-corrected chi connectivity index (χ2v) is 6.06. The Labute approximate surface area is 142 Å². The van der Waals surface area contributed by atoms with Crippen molar-refractivity contribution in [3.8, 4) is 11.3 Å². The second kappa shape index (κ2) is 6.79. The van der Waals surface area contributed by atoms with Crippen LogP contribution in [-0.2, 0) is 6.54 Å². The van der Waals surface area contributed by atoms with Gasteiger partial charge >= 0.3 is 0 Å². The van der Waals surface area contributed by atoms with Gasteiger partial charge in [0.15, 0.2) is 0 Å². The van der Waals surface area contributed by atoms with Gasteiger partial charge in [-0.15, -0.1) is 0 Å². The number of furan rings is 1. The SMILES string of the molecule is Cc1ccc(C(=O)NCc2ccc(-c3ccc(Br)cc3)o2)cn1. The van der Waals surface area contributed by atoms with Gasteiger partial charge in [-0.2, -0.15) is 0 Å². The van der Waals surface area contributed by atoms with E-state index in [2.05, 4.69) is 26.2 Å². The summed E-state index contributed by atoms with van der Waals surface area (Å²) in [5.41, 5.74) is 2.41. The maximum atomic E-state index is 12.0.